The Morgan fingerprint density at radius 2 is 1.30 bits per heavy atom. The summed E-state index contributed by atoms with van der Waals surface area (Å²) >= 11 is 0. The van der Waals surface area contributed by atoms with Crippen LogP contribution in [-0.4, -0.2) is 66.8 Å². The molecule has 0 aromatic heterocycles. The Labute approximate surface area is 203 Å². The van der Waals surface area contributed by atoms with Gasteiger partial charge in [-0.2, -0.15) is 8.42 Å². The smallest absolute Gasteiger partial charge is 0.294 e. The first-order chi connectivity index (χ1) is 15.8. The maximum atomic E-state index is 10.5. The number of β-amino-alcohol motifs (C(OH)–C–C–N with tert-alkyl or cyclic N) is 1. The minimum absolute atomic E-state index is 0.0666. The van der Waals surface area contributed by atoms with Crippen LogP contribution in [0.5, 0.6) is 0 Å². The summed E-state index contributed by atoms with van der Waals surface area (Å²) in [4.78, 5) is 5.00. The van der Waals surface area contributed by atoms with Gasteiger partial charge in [0.1, 0.15) is 0 Å². The molecule has 0 aliphatic carbocycles. The van der Waals surface area contributed by atoms with Gasteiger partial charge in [-0.15, -0.1) is 0 Å². The summed E-state index contributed by atoms with van der Waals surface area (Å²) in [6.45, 7) is 11.1. The fraction of sp³-hybridized carbons (Fsp3) is 0.769. The van der Waals surface area contributed by atoms with Crippen molar-refractivity contribution in [3.63, 3.8) is 0 Å². The standard InChI is InChI=1S/C19H40N2O.C7H8O3S/c1-3-5-6-7-8-9-10-11-12-13-14-20-15-16-21(17-18-22)19(20)4-2;1-6-2-4-7(5-3-6)11(8,9)10/h19,22H,3-18H2,1-2H3;2-5H,1H3,(H,8,9,10). The van der Waals surface area contributed by atoms with E-state index in [0.717, 1.165) is 18.7 Å². The first-order valence-corrected chi connectivity index (χ1v) is 14.4. The van der Waals surface area contributed by atoms with Gasteiger partial charge in [-0.25, -0.2) is 0 Å². The van der Waals surface area contributed by atoms with Crippen LogP contribution in [0, 0.1) is 6.92 Å². The molecule has 1 unspecified atom stereocenters. The quantitative estimate of drug-likeness (QED) is 0.253. The van der Waals surface area contributed by atoms with Crippen LogP contribution in [0.15, 0.2) is 29.2 Å². The summed E-state index contributed by atoms with van der Waals surface area (Å²) in [6.07, 6.45) is 15.9. The van der Waals surface area contributed by atoms with Crippen LogP contribution in [0.3, 0.4) is 0 Å². The van der Waals surface area contributed by atoms with Gasteiger partial charge in [0.2, 0.25) is 0 Å². The van der Waals surface area contributed by atoms with Gasteiger partial charge >= 0.3 is 0 Å². The van der Waals surface area contributed by atoms with Crippen molar-refractivity contribution in [1.29, 1.82) is 0 Å². The van der Waals surface area contributed by atoms with Crippen molar-refractivity contribution in [2.75, 3.05) is 32.8 Å². The molecule has 192 valence electrons. The SMILES string of the molecule is CCCCCCCCCCCCN1CCN(CCO)C1CC.Cc1ccc(S(=O)(=O)O)cc1. The monoisotopic (exact) mass is 484 g/mol. The fourth-order valence-electron chi connectivity index (χ4n) is 4.46. The number of aliphatic hydroxyl groups excluding tert-OH is 1. The van der Waals surface area contributed by atoms with E-state index in [9.17, 15) is 8.42 Å². The van der Waals surface area contributed by atoms with Crippen molar-refractivity contribution in [2.45, 2.75) is 102 Å². The summed E-state index contributed by atoms with van der Waals surface area (Å²) < 4.78 is 29.6. The van der Waals surface area contributed by atoms with Gasteiger partial charge in [-0.3, -0.25) is 14.4 Å². The van der Waals surface area contributed by atoms with E-state index in [4.69, 9.17) is 9.66 Å². The molecule has 7 heteroatoms. The number of aryl methyl sites for hydroxylation is 1. The van der Waals surface area contributed by atoms with Crippen molar-refractivity contribution in [2.24, 2.45) is 0 Å². The number of hydrogen-bond acceptors (Lipinski definition) is 5. The number of aliphatic hydroxyl groups is 1. The number of hydrogen-bond donors (Lipinski definition) is 2. The Balaban J connectivity index is 0.000000412. The zero-order valence-corrected chi connectivity index (χ0v) is 22.0. The van der Waals surface area contributed by atoms with E-state index >= 15 is 0 Å². The Morgan fingerprint density at radius 3 is 1.76 bits per heavy atom. The molecule has 0 saturated carbocycles. The predicted octanol–water partition coefficient (Wildman–Crippen LogP) is 5.50. The average Bonchev–Trinajstić information content (AvgIpc) is 3.17. The molecule has 1 aromatic carbocycles. The molecule has 1 heterocycles. The van der Waals surface area contributed by atoms with E-state index in [2.05, 4.69) is 23.6 Å². The molecule has 2 N–H and O–H groups in total. The third-order valence-electron chi connectivity index (χ3n) is 6.39. The zero-order chi connectivity index (χ0) is 24.5. The van der Waals surface area contributed by atoms with Gasteiger partial charge < -0.3 is 5.11 Å². The summed E-state index contributed by atoms with van der Waals surface area (Å²) in [5.74, 6) is 0. The molecule has 0 spiro atoms. The first kappa shape index (κ1) is 30.0. The highest BCUT2D eigenvalue weighted by atomic mass is 32.2. The van der Waals surface area contributed by atoms with Crippen LogP contribution in [0.25, 0.3) is 0 Å². The molecular formula is C26H48N2O4S. The third-order valence-corrected chi connectivity index (χ3v) is 7.26. The Hall–Kier alpha value is -0.990. The van der Waals surface area contributed by atoms with E-state index in [-0.39, 0.29) is 4.90 Å². The van der Waals surface area contributed by atoms with E-state index in [1.165, 1.54) is 95.9 Å². The van der Waals surface area contributed by atoms with Crippen LogP contribution in [0.4, 0.5) is 0 Å². The van der Waals surface area contributed by atoms with Crippen molar-refractivity contribution < 1.29 is 18.1 Å². The van der Waals surface area contributed by atoms with Crippen LogP contribution in [0.1, 0.15) is 90.0 Å². The van der Waals surface area contributed by atoms with Gasteiger partial charge in [0.15, 0.2) is 0 Å². The lowest BCUT2D eigenvalue weighted by Crippen LogP contribution is -2.39. The summed E-state index contributed by atoms with van der Waals surface area (Å²) in [5, 5.41) is 9.13. The normalized spacial score (nSPS) is 17.2. The van der Waals surface area contributed by atoms with Gasteiger partial charge in [0.05, 0.1) is 17.7 Å². The number of unbranched alkanes of at least 4 members (excludes halogenated alkanes) is 9. The van der Waals surface area contributed by atoms with Crippen LogP contribution in [-0.2, 0) is 10.1 Å². The van der Waals surface area contributed by atoms with Gasteiger partial charge in [0, 0.05) is 19.6 Å². The molecule has 2 rings (SSSR count). The van der Waals surface area contributed by atoms with E-state index < -0.39 is 10.1 Å². The topological polar surface area (TPSA) is 81.1 Å². The summed E-state index contributed by atoms with van der Waals surface area (Å²) in [7, 11) is -4.02. The lowest BCUT2D eigenvalue weighted by atomic mass is 10.1. The molecule has 0 bridgehead atoms. The molecule has 33 heavy (non-hydrogen) atoms. The van der Waals surface area contributed by atoms with Gasteiger partial charge in [0.25, 0.3) is 10.1 Å². The second kappa shape index (κ2) is 17.4. The van der Waals surface area contributed by atoms with Crippen LogP contribution < -0.4 is 0 Å². The van der Waals surface area contributed by atoms with E-state index in [1.807, 2.05) is 6.92 Å². The highest BCUT2D eigenvalue weighted by Crippen LogP contribution is 2.18. The van der Waals surface area contributed by atoms with E-state index in [0.29, 0.717) is 12.8 Å². The predicted molar refractivity (Wildman–Crippen MR) is 137 cm³/mol. The second-order valence-corrected chi connectivity index (χ2v) is 10.6. The summed E-state index contributed by atoms with van der Waals surface area (Å²) in [6, 6.07) is 5.99. The van der Waals surface area contributed by atoms with Crippen LogP contribution >= 0.6 is 0 Å². The molecule has 1 aliphatic heterocycles. The average molecular weight is 485 g/mol. The van der Waals surface area contributed by atoms with Crippen molar-refractivity contribution in [1.82, 2.24) is 9.80 Å². The minimum atomic E-state index is -4.02. The van der Waals surface area contributed by atoms with E-state index in [1.54, 1.807) is 12.1 Å². The zero-order valence-electron chi connectivity index (χ0n) is 21.2. The largest absolute Gasteiger partial charge is 0.395 e. The van der Waals surface area contributed by atoms with Crippen molar-refractivity contribution in [3.05, 3.63) is 29.8 Å². The highest BCUT2D eigenvalue weighted by molar-refractivity contribution is 7.85. The number of benzene rings is 1. The summed E-state index contributed by atoms with van der Waals surface area (Å²) in [5.41, 5.74) is 0.956. The fourth-order valence-corrected chi connectivity index (χ4v) is 4.94. The number of nitrogens with zero attached hydrogens (tertiary/aromatic N) is 2. The molecule has 1 fully saturated rings. The van der Waals surface area contributed by atoms with Crippen LogP contribution in [0.2, 0.25) is 0 Å². The molecule has 1 aliphatic rings. The second-order valence-electron chi connectivity index (χ2n) is 9.15. The van der Waals surface area contributed by atoms with Crippen molar-refractivity contribution >= 4 is 10.1 Å². The Bertz CT molecular complexity index is 710. The minimum Gasteiger partial charge on any atom is -0.395 e. The molecule has 6 nitrogen and oxygen atoms in total. The Kier molecular flexibility index (Phi) is 15.9. The maximum absolute atomic E-state index is 10.5. The molecule has 1 aromatic rings. The lowest BCUT2D eigenvalue weighted by molar-refractivity contribution is 0.110. The van der Waals surface area contributed by atoms with Gasteiger partial charge in [-0.1, -0.05) is 89.3 Å². The van der Waals surface area contributed by atoms with Crippen molar-refractivity contribution in [3.8, 4) is 0 Å². The first-order valence-electron chi connectivity index (χ1n) is 13.0. The Morgan fingerprint density at radius 1 is 0.818 bits per heavy atom. The molecule has 1 saturated heterocycles. The molecule has 0 amide bonds. The maximum Gasteiger partial charge on any atom is 0.294 e. The van der Waals surface area contributed by atoms with Gasteiger partial charge in [-0.05, 0) is 38.4 Å². The third kappa shape index (κ3) is 12.9. The molecule has 0 radical (unpaired) electrons. The number of rotatable bonds is 15. The highest BCUT2D eigenvalue weighted by Gasteiger charge is 2.29. The molecular weight excluding hydrogens is 436 g/mol. The lowest BCUT2D eigenvalue weighted by Gasteiger charge is -2.29. The molecule has 1 atom stereocenters.